The van der Waals surface area contributed by atoms with Gasteiger partial charge in [0.2, 0.25) is 15.9 Å². The first-order valence-corrected chi connectivity index (χ1v) is 7.41. The molecule has 9 heteroatoms. The normalized spacial score (nSPS) is 12.9. The van der Waals surface area contributed by atoms with Gasteiger partial charge in [0, 0.05) is 6.42 Å². The Morgan fingerprint density at radius 1 is 1.43 bits per heavy atom. The van der Waals surface area contributed by atoms with Crippen LogP contribution in [0.2, 0.25) is 0 Å². The lowest BCUT2D eigenvalue weighted by atomic mass is 10.2. The fraction of sp³-hybridized carbons (Fsp3) is 0.333. The quantitative estimate of drug-likeness (QED) is 0.658. The topological polar surface area (TPSA) is 127 Å². The second-order valence-electron chi connectivity index (χ2n) is 4.45. The van der Waals surface area contributed by atoms with E-state index in [2.05, 4.69) is 0 Å². The van der Waals surface area contributed by atoms with Crippen LogP contribution in [0.1, 0.15) is 18.4 Å². The third kappa shape index (κ3) is 4.80. The smallest absolute Gasteiger partial charge is 0.321 e. The molecule has 116 valence electrons. The van der Waals surface area contributed by atoms with Crippen LogP contribution in [-0.4, -0.2) is 31.4 Å². The molecule has 0 unspecified atom stereocenters. The average Bonchev–Trinajstić information content (AvgIpc) is 2.36. The first-order valence-electron chi connectivity index (χ1n) is 5.93. The van der Waals surface area contributed by atoms with Crippen molar-refractivity contribution >= 4 is 21.9 Å². The van der Waals surface area contributed by atoms with Crippen LogP contribution >= 0.6 is 0 Å². The minimum Gasteiger partial charge on any atom is -0.480 e. The zero-order valence-electron chi connectivity index (χ0n) is 11.2. The molecule has 7 nitrogen and oxygen atoms in total. The molecule has 1 aromatic carbocycles. The second kappa shape index (κ2) is 6.64. The number of aliphatic carboxylic acids is 1. The zero-order chi connectivity index (χ0) is 16.2. The number of primary amides is 1. The summed E-state index contributed by atoms with van der Waals surface area (Å²) in [6.07, 6.45) is -0.632. The Balaban J connectivity index is 3.03. The number of halogens is 1. The average molecular weight is 318 g/mol. The van der Waals surface area contributed by atoms with Gasteiger partial charge in [-0.2, -0.15) is 4.72 Å². The highest BCUT2D eigenvalue weighted by molar-refractivity contribution is 7.89. The van der Waals surface area contributed by atoms with Crippen LogP contribution in [-0.2, 0) is 19.6 Å². The molecule has 0 radical (unpaired) electrons. The van der Waals surface area contributed by atoms with Crippen LogP contribution in [0.3, 0.4) is 0 Å². The van der Waals surface area contributed by atoms with E-state index in [0.717, 1.165) is 12.1 Å². The minimum atomic E-state index is -4.36. The summed E-state index contributed by atoms with van der Waals surface area (Å²) in [7, 11) is -4.36. The largest absolute Gasteiger partial charge is 0.480 e. The van der Waals surface area contributed by atoms with E-state index in [1.54, 1.807) is 6.92 Å². The van der Waals surface area contributed by atoms with Crippen molar-refractivity contribution in [2.75, 3.05) is 0 Å². The van der Waals surface area contributed by atoms with Crippen molar-refractivity contribution in [2.45, 2.75) is 30.7 Å². The van der Waals surface area contributed by atoms with Crippen LogP contribution in [0.5, 0.6) is 0 Å². The molecule has 1 rings (SSSR count). The second-order valence-corrected chi connectivity index (χ2v) is 6.13. The van der Waals surface area contributed by atoms with E-state index in [-0.39, 0.29) is 12.8 Å². The van der Waals surface area contributed by atoms with Gasteiger partial charge in [0.05, 0.1) is 0 Å². The maximum atomic E-state index is 13.6. The summed E-state index contributed by atoms with van der Waals surface area (Å²) < 4.78 is 39.5. The van der Waals surface area contributed by atoms with Gasteiger partial charge in [0.1, 0.15) is 16.8 Å². The fourth-order valence-corrected chi connectivity index (χ4v) is 2.97. The van der Waals surface area contributed by atoms with Crippen molar-refractivity contribution in [2.24, 2.45) is 5.73 Å². The number of benzene rings is 1. The number of aryl methyl sites for hydroxylation is 1. The summed E-state index contributed by atoms with van der Waals surface area (Å²) >= 11 is 0. The molecule has 0 aromatic heterocycles. The van der Waals surface area contributed by atoms with E-state index in [9.17, 15) is 22.4 Å². The van der Waals surface area contributed by atoms with Gasteiger partial charge in [0.15, 0.2) is 0 Å². The monoisotopic (exact) mass is 318 g/mol. The number of carboxylic acid groups (broad SMARTS) is 1. The summed E-state index contributed by atoms with van der Waals surface area (Å²) in [4.78, 5) is 21.0. The zero-order valence-corrected chi connectivity index (χ0v) is 12.0. The molecule has 0 aliphatic carbocycles. The Hall–Kier alpha value is -2.00. The standard InChI is InChI=1S/C12H15FN2O5S/c1-7-2-3-8(13)10(6-7)21(19,20)15-9(12(17)18)4-5-11(14)16/h2-3,6,9,15H,4-5H2,1H3,(H2,14,16)(H,17,18)/t9-/m1/s1. The predicted octanol–water partition coefficient (Wildman–Crippen LogP) is 0.131. The summed E-state index contributed by atoms with van der Waals surface area (Å²) in [5.74, 6) is -3.23. The van der Waals surface area contributed by atoms with E-state index < -0.39 is 38.7 Å². The molecular weight excluding hydrogens is 303 g/mol. The molecule has 0 saturated carbocycles. The number of nitrogens with one attached hydrogen (secondary N) is 1. The number of nitrogens with two attached hydrogens (primary N) is 1. The Kier molecular flexibility index (Phi) is 5.39. The van der Waals surface area contributed by atoms with Crippen LogP contribution in [0.25, 0.3) is 0 Å². The number of amides is 1. The minimum absolute atomic E-state index is 0.310. The molecule has 0 aliphatic heterocycles. The lowest BCUT2D eigenvalue weighted by Crippen LogP contribution is -2.41. The molecule has 4 N–H and O–H groups in total. The fourth-order valence-electron chi connectivity index (χ4n) is 1.59. The van der Waals surface area contributed by atoms with Crippen molar-refractivity contribution in [3.8, 4) is 0 Å². The van der Waals surface area contributed by atoms with Crippen LogP contribution in [0.15, 0.2) is 23.1 Å². The molecular formula is C12H15FN2O5S. The Bertz CT molecular complexity index is 660. The van der Waals surface area contributed by atoms with E-state index >= 15 is 0 Å². The van der Waals surface area contributed by atoms with E-state index in [0.29, 0.717) is 5.56 Å². The lowest BCUT2D eigenvalue weighted by Gasteiger charge is -2.14. The first-order chi connectivity index (χ1) is 9.63. The number of hydrogen-bond donors (Lipinski definition) is 3. The summed E-state index contributed by atoms with van der Waals surface area (Å²) in [5.41, 5.74) is 5.39. The van der Waals surface area contributed by atoms with Gasteiger partial charge >= 0.3 is 5.97 Å². The van der Waals surface area contributed by atoms with Crippen molar-refractivity contribution in [3.63, 3.8) is 0 Å². The number of carboxylic acids is 1. The maximum Gasteiger partial charge on any atom is 0.321 e. The number of carbonyl (C=O) groups is 2. The summed E-state index contributed by atoms with van der Waals surface area (Å²) in [5, 5.41) is 8.95. The van der Waals surface area contributed by atoms with E-state index in [1.807, 2.05) is 4.72 Å². The highest BCUT2D eigenvalue weighted by Crippen LogP contribution is 2.17. The van der Waals surface area contributed by atoms with Gasteiger partial charge in [-0.05, 0) is 31.0 Å². The molecule has 0 saturated heterocycles. The van der Waals surface area contributed by atoms with Gasteiger partial charge in [0.25, 0.3) is 0 Å². The van der Waals surface area contributed by atoms with Gasteiger partial charge in [-0.15, -0.1) is 0 Å². The molecule has 1 amide bonds. The van der Waals surface area contributed by atoms with Crippen molar-refractivity contribution in [1.82, 2.24) is 4.72 Å². The van der Waals surface area contributed by atoms with Crippen molar-refractivity contribution in [3.05, 3.63) is 29.6 Å². The molecule has 0 bridgehead atoms. The lowest BCUT2D eigenvalue weighted by molar-refractivity contribution is -0.139. The van der Waals surface area contributed by atoms with E-state index in [4.69, 9.17) is 10.8 Å². The number of carbonyl (C=O) groups excluding carboxylic acids is 1. The highest BCUT2D eigenvalue weighted by atomic mass is 32.2. The third-order valence-electron chi connectivity index (χ3n) is 2.65. The highest BCUT2D eigenvalue weighted by Gasteiger charge is 2.27. The first kappa shape index (κ1) is 17.1. The molecule has 1 aromatic rings. The summed E-state index contributed by atoms with van der Waals surface area (Å²) in [6, 6.07) is 1.88. The predicted molar refractivity (Wildman–Crippen MR) is 71.3 cm³/mol. The molecule has 1 atom stereocenters. The molecule has 0 spiro atoms. The Morgan fingerprint density at radius 2 is 2.05 bits per heavy atom. The van der Waals surface area contributed by atoms with Crippen LogP contribution in [0.4, 0.5) is 4.39 Å². The molecule has 21 heavy (non-hydrogen) atoms. The number of rotatable bonds is 7. The summed E-state index contributed by atoms with van der Waals surface area (Å²) in [6.45, 7) is 1.57. The number of sulfonamides is 1. The SMILES string of the molecule is Cc1ccc(F)c(S(=O)(=O)N[C@H](CCC(N)=O)C(=O)O)c1. The Morgan fingerprint density at radius 3 is 2.57 bits per heavy atom. The number of hydrogen-bond acceptors (Lipinski definition) is 4. The van der Waals surface area contributed by atoms with E-state index in [1.165, 1.54) is 6.07 Å². The van der Waals surface area contributed by atoms with Crippen molar-refractivity contribution < 1.29 is 27.5 Å². The Labute approximate surface area is 121 Å². The molecule has 0 aliphatic rings. The van der Waals surface area contributed by atoms with Crippen LogP contribution in [0, 0.1) is 12.7 Å². The van der Waals surface area contributed by atoms with Crippen LogP contribution < -0.4 is 10.5 Å². The third-order valence-corrected chi connectivity index (χ3v) is 4.14. The van der Waals surface area contributed by atoms with Gasteiger partial charge in [-0.3, -0.25) is 9.59 Å². The molecule has 0 fully saturated rings. The molecule has 0 heterocycles. The van der Waals surface area contributed by atoms with Gasteiger partial charge in [-0.25, -0.2) is 12.8 Å². The maximum absolute atomic E-state index is 13.6. The van der Waals surface area contributed by atoms with Gasteiger partial charge in [-0.1, -0.05) is 6.07 Å². The van der Waals surface area contributed by atoms with Crippen molar-refractivity contribution in [1.29, 1.82) is 0 Å². The van der Waals surface area contributed by atoms with Gasteiger partial charge < -0.3 is 10.8 Å².